The molecule has 37 heavy (non-hydrogen) atoms. The molecule has 2 heterocycles. The maximum absolute atomic E-state index is 13.7. The standard InChI is InChI=1S/C29H29N7O/c1-17(2)28-34-24-11-12-35(15-18-3-7-21(8-4-18)26(30)31)29(37)25(24)36(28)16-19-5-6-20-9-10-22(27(32)33)14-23(20)13-19/h3-14,17H,15-16H2,1-2H3,(H3,30,31)(H3,32,33). The smallest absolute Gasteiger partial charge is 0.277 e. The molecular weight excluding hydrogens is 462 g/mol. The maximum Gasteiger partial charge on any atom is 0.277 e. The molecule has 0 saturated heterocycles. The molecule has 0 aliphatic carbocycles. The minimum Gasteiger partial charge on any atom is -0.384 e. The number of pyridine rings is 1. The van der Waals surface area contributed by atoms with E-state index in [9.17, 15) is 4.79 Å². The number of rotatable bonds is 7. The van der Waals surface area contributed by atoms with Gasteiger partial charge >= 0.3 is 0 Å². The lowest BCUT2D eigenvalue weighted by Crippen LogP contribution is -2.23. The lowest BCUT2D eigenvalue weighted by atomic mass is 10.0. The first-order chi connectivity index (χ1) is 17.7. The molecule has 186 valence electrons. The highest BCUT2D eigenvalue weighted by Crippen LogP contribution is 2.24. The van der Waals surface area contributed by atoms with Crippen LogP contribution in [0.25, 0.3) is 21.8 Å². The fourth-order valence-corrected chi connectivity index (χ4v) is 4.65. The van der Waals surface area contributed by atoms with Crippen LogP contribution in [0.15, 0.2) is 77.7 Å². The van der Waals surface area contributed by atoms with Crippen molar-refractivity contribution < 1.29 is 0 Å². The minimum absolute atomic E-state index is 0.0152. The number of nitrogens with zero attached hydrogens (tertiary/aromatic N) is 3. The second-order valence-electron chi connectivity index (χ2n) is 9.61. The van der Waals surface area contributed by atoms with Crippen LogP contribution >= 0.6 is 0 Å². The van der Waals surface area contributed by atoms with E-state index in [0.717, 1.165) is 27.7 Å². The van der Waals surface area contributed by atoms with Crippen molar-refractivity contribution in [1.82, 2.24) is 14.1 Å². The summed E-state index contributed by atoms with van der Waals surface area (Å²) < 4.78 is 3.71. The van der Waals surface area contributed by atoms with Crippen LogP contribution in [0, 0.1) is 10.8 Å². The van der Waals surface area contributed by atoms with E-state index in [1.54, 1.807) is 22.9 Å². The summed E-state index contributed by atoms with van der Waals surface area (Å²) in [5, 5.41) is 17.4. The van der Waals surface area contributed by atoms with Crippen LogP contribution in [0.5, 0.6) is 0 Å². The fourth-order valence-electron chi connectivity index (χ4n) is 4.65. The zero-order chi connectivity index (χ0) is 26.3. The highest BCUT2D eigenvalue weighted by atomic mass is 16.1. The number of amidine groups is 2. The Morgan fingerprint density at radius 3 is 2.16 bits per heavy atom. The van der Waals surface area contributed by atoms with E-state index in [0.29, 0.717) is 35.2 Å². The average molecular weight is 492 g/mol. The second kappa shape index (κ2) is 9.39. The molecule has 2 aromatic heterocycles. The van der Waals surface area contributed by atoms with Gasteiger partial charge in [-0.2, -0.15) is 0 Å². The Bertz CT molecular complexity index is 1730. The van der Waals surface area contributed by atoms with Crippen LogP contribution in [-0.4, -0.2) is 25.8 Å². The summed E-state index contributed by atoms with van der Waals surface area (Å²) in [5.74, 6) is 1.03. The molecule has 6 N–H and O–H groups in total. The predicted molar refractivity (Wildman–Crippen MR) is 149 cm³/mol. The van der Waals surface area contributed by atoms with E-state index >= 15 is 0 Å². The number of hydrogen-bond donors (Lipinski definition) is 4. The average Bonchev–Trinajstić information content (AvgIpc) is 3.24. The van der Waals surface area contributed by atoms with Gasteiger partial charge in [-0.1, -0.05) is 62.4 Å². The molecule has 0 atom stereocenters. The number of benzene rings is 3. The van der Waals surface area contributed by atoms with Crippen molar-refractivity contribution in [2.75, 3.05) is 0 Å². The summed E-state index contributed by atoms with van der Waals surface area (Å²) in [6.07, 6.45) is 1.78. The maximum atomic E-state index is 13.7. The van der Waals surface area contributed by atoms with Crippen molar-refractivity contribution in [1.29, 1.82) is 10.8 Å². The number of nitrogens with two attached hydrogens (primary N) is 2. The summed E-state index contributed by atoms with van der Waals surface area (Å²) in [7, 11) is 0. The number of fused-ring (bicyclic) bond motifs is 2. The third-order valence-electron chi connectivity index (χ3n) is 6.59. The Morgan fingerprint density at radius 2 is 1.49 bits per heavy atom. The highest BCUT2D eigenvalue weighted by molar-refractivity contribution is 5.99. The Labute approximate surface area is 214 Å². The number of nitrogens with one attached hydrogen (secondary N) is 2. The first-order valence-corrected chi connectivity index (χ1v) is 12.1. The number of nitrogen functional groups attached to an aromatic ring is 2. The molecule has 0 spiro atoms. The second-order valence-corrected chi connectivity index (χ2v) is 9.61. The first-order valence-electron chi connectivity index (χ1n) is 12.1. The molecule has 0 unspecified atom stereocenters. The van der Waals surface area contributed by atoms with Crippen molar-refractivity contribution in [2.45, 2.75) is 32.9 Å². The summed E-state index contributed by atoms with van der Waals surface area (Å²) in [6, 6.07) is 21.2. The molecule has 0 saturated carbocycles. The summed E-state index contributed by atoms with van der Waals surface area (Å²) in [5.41, 5.74) is 15.7. The monoisotopic (exact) mass is 491 g/mol. The van der Waals surface area contributed by atoms with Gasteiger partial charge in [0.15, 0.2) is 0 Å². The Kier molecular flexibility index (Phi) is 6.09. The van der Waals surface area contributed by atoms with Gasteiger partial charge in [-0.15, -0.1) is 0 Å². The number of aromatic nitrogens is 3. The third kappa shape index (κ3) is 4.61. The molecule has 0 amide bonds. The van der Waals surface area contributed by atoms with Gasteiger partial charge in [0.05, 0.1) is 12.1 Å². The largest absolute Gasteiger partial charge is 0.384 e. The first kappa shape index (κ1) is 24.0. The SMILES string of the molecule is CC(C)c1nc2ccn(Cc3ccc(C(=N)N)cc3)c(=O)c2n1Cc1ccc2ccc(C(=N)N)cc2c1. The highest BCUT2D eigenvalue weighted by Gasteiger charge is 2.18. The summed E-state index contributed by atoms with van der Waals surface area (Å²) in [4.78, 5) is 18.5. The van der Waals surface area contributed by atoms with Crippen molar-refractivity contribution >= 4 is 33.5 Å². The van der Waals surface area contributed by atoms with Crippen molar-refractivity contribution in [3.05, 3.63) is 111 Å². The van der Waals surface area contributed by atoms with Crippen LogP contribution in [0.3, 0.4) is 0 Å². The molecule has 0 aliphatic heterocycles. The van der Waals surface area contributed by atoms with E-state index in [-0.39, 0.29) is 23.1 Å². The van der Waals surface area contributed by atoms with Crippen LogP contribution < -0.4 is 17.0 Å². The Hall–Kier alpha value is -4.72. The van der Waals surface area contributed by atoms with Crippen LogP contribution in [0.1, 0.15) is 47.8 Å². The molecule has 8 heteroatoms. The molecule has 0 bridgehead atoms. The van der Waals surface area contributed by atoms with Gasteiger partial charge in [0.25, 0.3) is 5.56 Å². The van der Waals surface area contributed by atoms with E-state index in [2.05, 4.69) is 26.0 Å². The molecule has 0 radical (unpaired) electrons. The molecule has 8 nitrogen and oxygen atoms in total. The Morgan fingerprint density at radius 1 is 0.838 bits per heavy atom. The van der Waals surface area contributed by atoms with Crippen LogP contribution in [0.2, 0.25) is 0 Å². The van der Waals surface area contributed by atoms with Gasteiger partial charge in [-0.05, 0) is 40.1 Å². The van der Waals surface area contributed by atoms with E-state index < -0.39 is 0 Å². The van der Waals surface area contributed by atoms with Gasteiger partial charge in [-0.25, -0.2) is 4.98 Å². The Balaban J connectivity index is 1.57. The molecule has 5 rings (SSSR count). The van der Waals surface area contributed by atoms with Crippen LogP contribution in [-0.2, 0) is 13.1 Å². The zero-order valence-electron chi connectivity index (χ0n) is 20.8. The summed E-state index contributed by atoms with van der Waals surface area (Å²) in [6.45, 7) is 5.05. The molecule has 0 fully saturated rings. The fraction of sp³-hybridized carbons (Fsp3) is 0.172. The quantitative estimate of drug-likeness (QED) is 0.201. The van der Waals surface area contributed by atoms with Gasteiger partial charge in [0, 0.05) is 29.8 Å². The van der Waals surface area contributed by atoms with Gasteiger partial charge < -0.3 is 20.6 Å². The number of imidazole rings is 1. The van der Waals surface area contributed by atoms with Crippen molar-refractivity contribution in [3.8, 4) is 0 Å². The zero-order valence-corrected chi connectivity index (χ0v) is 20.8. The van der Waals surface area contributed by atoms with Gasteiger partial charge in [-0.3, -0.25) is 15.6 Å². The van der Waals surface area contributed by atoms with Gasteiger partial charge in [0.1, 0.15) is 23.0 Å². The topological polar surface area (TPSA) is 140 Å². The van der Waals surface area contributed by atoms with Crippen molar-refractivity contribution in [3.63, 3.8) is 0 Å². The molecule has 0 aliphatic rings. The predicted octanol–water partition coefficient (Wildman–Crippen LogP) is 4.14. The van der Waals surface area contributed by atoms with Crippen molar-refractivity contribution in [2.24, 2.45) is 11.5 Å². The third-order valence-corrected chi connectivity index (χ3v) is 6.59. The molecule has 5 aromatic rings. The van der Waals surface area contributed by atoms with Crippen LogP contribution in [0.4, 0.5) is 0 Å². The lowest BCUT2D eigenvalue weighted by Gasteiger charge is -2.13. The lowest BCUT2D eigenvalue weighted by molar-refractivity contribution is 0.677. The normalized spacial score (nSPS) is 11.4. The van der Waals surface area contributed by atoms with E-state index in [1.165, 1.54) is 0 Å². The number of hydrogen-bond acceptors (Lipinski definition) is 4. The summed E-state index contributed by atoms with van der Waals surface area (Å²) >= 11 is 0. The minimum atomic E-state index is -0.104. The molecular formula is C29H29N7O. The van der Waals surface area contributed by atoms with Gasteiger partial charge in [0.2, 0.25) is 0 Å². The van der Waals surface area contributed by atoms with E-state index in [1.807, 2.05) is 47.0 Å². The van der Waals surface area contributed by atoms with E-state index in [4.69, 9.17) is 27.3 Å². The molecule has 3 aromatic carbocycles.